The van der Waals surface area contributed by atoms with E-state index in [0.717, 1.165) is 25.7 Å². The Morgan fingerprint density at radius 1 is 0.607 bits per heavy atom. The van der Waals surface area contributed by atoms with E-state index in [1.807, 2.05) is 12.1 Å². The third kappa shape index (κ3) is 12.0. The fourth-order valence-corrected chi connectivity index (χ4v) is 2.98. The van der Waals surface area contributed by atoms with Gasteiger partial charge in [-0.2, -0.15) is 0 Å². The summed E-state index contributed by atoms with van der Waals surface area (Å²) in [5.41, 5.74) is 14.9. The average molecular weight is 421 g/mol. The normalized spacial score (nSPS) is 13.1. The van der Waals surface area contributed by atoms with Crippen molar-refractivity contribution in [1.82, 2.24) is 0 Å². The number of rotatable bonds is 11. The molecule has 154 valence electrons. The van der Waals surface area contributed by atoms with Crippen LogP contribution in [0.2, 0.25) is 0 Å². The molecule has 2 nitrogen and oxygen atoms in total. The standard InChI is InChI=1S/C24H32N2.2ClH/c25-23(19-21-13-7-5-8-14-21)17-11-3-1-2-4-12-18-24(26)20-22-15-9-6-10-16-22;;/h5-18,23-24H,1-4,19-20,25-26H2;2*1H/b17-11-,18-12-;;/t23-,24-;;/m1../s1. The van der Waals surface area contributed by atoms with Crippen molar-refractivity contribution in [2.24, 2.45) is 11.5 Å². The van der Waals surface area contributed by atoms with Gasteiger partial charge in [0.2, 0.25) is 0 Å². The average Bonchev–Trinajstić information content (AvgIpc) is 2.65. The zero-order chi connectivity index (χ0) is 18.5. The van der Waals surface area contributed by atoms with Gasteiger partial charge in [0.15, 0.2) is 0 Å². The first-order valence-electron chi connectivity index (χ1n) is 9.66. The summed E-state index contributed by atoms with van der Waals surface area (Å²) >= 11 is 0. The molecule has 0 spiro atoms. The van der Waals surface area contributed by atoms with Gasteiger partial charge in [-0.15, -0.1) is 24.8 Å². The second-order valence-electron chi connectivity index (χ2n) is 6.85. The molecular formula is C24H34Cl2N2. The molecule has 28 heavy (non-hydrogen) atoms. The van der Waals surface area contributed by atoms with Crippen molar-refractivity contribution < 1.29 is 0 Å². The summed E-state index contributed by atoms with van der Waals surface area (Å²) in [7, 11) is 0. The van der Waals surface area contributed by atoms with Crippen molar-refractivity contribution >= 4 is 24.8 Å². The first-order valence-corrected chi connectivity index (χ1v) is 9.66. The number of halogens is 2. The SMILES string of the molecule is Cl.Cl.N[C@H](/C=C\CCCC/C=C\[C@@H](N)Cc1ccccc1)Cc1ccccc1. The van der Waals surface area contributed by atoms with Crippen molar-refractivity contribution in [3.63, 3.8) is 0 Å². The molecule has 0 fully saturated rings. The molecule has 0 aliphatic rings. The van der Waals surface area contributed by atoms with Gasteiger partial charge in [-0.1, -0.05) is 85.0 Å². The van der Waals surface area contributed by atoms with E-state index in [4.69, 9.17) is 11.5 Å². The van der Waals surface area contributed by atoms with E-state index in [1.54, 1.807) is 0 Å². The van der Waals surface area contributed by atoms with Crippen LogP contribution in [0.15, 0.2) is 85.0 Å². The molecule has 0 unspecified atom stereocenters. The zero-order valence-corrected chi connectivity index (χ0v) is 18.1. The molecule has 0 aliphatic heterocycles. The third-order valence-electron chi connectivity index (χ3n) is 4.39. The Balaban J connectivity index is 0.00000364. The highest BCUT2D eigenvalue weighted by molar-refractivity contribution is 5.85. The quantitative estimate of drug-likeness (QED) is 0.364. The molecule has 2 aromatic rings. The van der Waals surface area contributed by atoms with E-state index in [9.17, 15) is 0 Å². The van der Waals surface area contributed by atoms with Gasteiger partial charge in [0.05, 0.1) is 0 Å². The number of nitrogens with two attached hydrogens (primary N) is 2. The number of benzene rings is 2. The monoisotopic (exact) mass is 420 g/mol. The summed E-state index contributed by atoms with van der Waals surface area (Å²) in [5, 5.41) is 0. The van der Waals surface area contributed by atoms with Crippen molar-refractivity contribution in [1.29, 1.82) is 0 Å². The third-order valence-corrected chi connectivity index (χ3v) is 4.39. The van der Waals surface area contributed by atoms with Crippen LogP contribution in [0.4, 0.5) is 0 Å². The Morgan fingerprint density at radius 2 is 0.964 bits per heavy atom. The maximum atomic E-state index is 6.15. The van der Waals surface area contributed by atoms with Gasteiger partial charge in [0.25, 0.3) is 0 Å². The highest BCUT2D eigenvalue weighted by atomic mass is 35.5. The van der Waals surface area contributed by atoms with E-state index in [-0.39, 0.29) is 36.9 Å². The van der Waals surface area contributed by atoms with Gasteiger partial charge in [0, 0.05) is 12.1 Å². The minimum atomic E-state index is 0. The van der Waals surface area contributed by atoms with Gasteiger partial charge < -0.3 is 11.5 Å². The van der Waals surface area contributed by atoms with Crippen LogP contribution in [-0.2, 0) is 12.8 Å². The highest BCUT2D eigenvalue weighted by Crippen LogP contribution is 2.07. The molecule has 0 amide bonds. The minimum absolute atomic E-state index is 0. The Bertz CT molecular complexity index is 597. The Morgan fingerprint density at radius 3 is 1.32 bits per heavy atom. The van der Waals surface area contributed by atoms with E-state index in [1.165, 1.54) is 24.0 Å². The summed E-state index contributed by atoms with van der Waals surface area (Å²) in [6.45, 7) is 0. The molecule has 4 heteroatoms. The van der Waals surface area contributed by atoms with Crippen LogP contribution >= 0.6 is 24.8 Å². The van der Waals surface area contributed by atoms with E-state index in [2.05, 4.69) is 72.8 Å². The Kier molecular flexibility index (Phi) is 15.5. The fourth-order valence-electron chi connectivity index (χ4n) is 2.98. The van der Waals surface area contributed by atoms with Crippen molar-refractivity contribution in [3.8, 4) is 0 Å². The summed E-state index contributed by atoms with van der Waals surface area (Å²) in [4.78, 5) is 0. The molecule has 0 aliphatic carbocycles. The molecule has 2 atom stereocenters. The highest BCUT2D eigenvalue weighted by Gasteiger charge is 1.99. The molecule has 0 saturated carbocycles. The van der Waals surface area contributed by atoms with Gasteiger partial charge in [0.1, 0.15) is 0 Å². The van der Waals surface area contributed by atoms with Gasteiger partial charge in [-0.3, -0.25) is 0 Å². The summed E-state index contributed by atoms with van der Waals surface area (Å²) < 4.78 is 0. The van der Waals surface area contributed by atoms with Crippen molar-refractivity contribution in [3.05, 3.63) is 96.1 Å². The zero-order valence-electron chi connectivity index (χ0n) is 16.5. The van der Waals surface area contributed by atoms with Crippen LogP contribution in [0.1, 0.15) is 36.8 Å². The van der Waals surface area contributed by atoms with Gasteiger partial charge >= 0.3 is 0 Å². The minimum Gasteiger partial charge on any atom is -0.324 e. The smallest absolute Gasteiger partial charge is 0.0264 e. The fraction of sp³-hybridized carbons (Fsp3) is 0.333. The van der Waals surface area contributed by atoms with Crippen LogP contribution < -0.4 is 11.5 Å². The van der Waals surface area contributed by atoms with Crippen LogP contribution in [-0.4, -0.2) is 12.1 Å². The Labute approximate surface area is 182 Å². The molecule has 4 N–H and O–H groups in total. The van der Waals surface area contributed by atoms with Crippen molar-refractivity contribution in [2.45, 2.75) is 50.6 Å². The van der Waals surface area contributed by atoms with Crippen LogP contribution in [0, 0.1) is 0 Å². The predicted molar refractivity (Wildman–Crippen MR) is 127 cm³/mol. The molecule has 0 radical (unpaired) electrons. The molecule has 0 saturated heterocycles. The number of unbranched alkanes of at least 4 members (excludes halogenated alkanes) is 3. The first-order chi connectivity index (χ1) is 12.7. The molecule has 0 aromatic heterocycles. The first kappa shape index (κ1) is 26.4. The lowest BCUT2D eigenvalue weighted by atomic mass is 10.0. The lowest BCUT2D eigenvalue weighted by Crippen LogP contribution is -2.19. The topological polar surface area (TPSA) is 52.0 Å². The lowest BCUT2D eigenvalue weighted by molar-refractivity contribution is 0.744. The van der Waals surface area contributed by atoms with Gasteiger partial charge in [-0.05, 0) is 49.7 Å². The summed E-state index contributed by atoms with van der Waals surface area (Å²) in [5.74, 6) is 0. The van der Waals surface area contributed by atoms with Crippen LogP contribution in [0.25, 0.3) is 0 Å². The molecule has 2 rings (SSSR count). The number of hydrogen-bond acceptors (Lipinski definition) is 2. The summed E-state index contributed by atoms with van der Waals surface area (Å²) in [6, 6.07) is 21.0. The van der Waals surface area contributed by atoms with Crippen LogP contribution in [0.3, 0.4) is 0 Å². The second kappa shape index (κ2) is 16.4. The molecule has 0 bridgehead atoms. The van der Waals surface area contributed by atoms with Gasteiger partial charge in [-0.25, -0.2) is 0 Å². The van der Waals surface area contributed by atoms with E-state index in [0.29, 0.717) is 0 Å². The number of allylic oxidation sites excluding steroid dienone is 2. The maximum absolute atomic E-state index is 6.15. The molecule has 0 heterocycles. The lowest BCUT2D eigenvalue weighted by Gasteiger charge is -2.06. The van der Waals surface area contributed by atoms with Crippen molar-refractivity contribution in [2.75, 3.05) is 0 Å². The predicted octanol–water partition coefficient (Wildman–Crippen LogP) is 5.64. The molecule has 2 aromatic carbocycles. The molecular weight excluding hydrogens is 387 g/mol. The number of hydrogen-bond donors (Lipinski definition) is 2. The summed E-state index contributed by atoms with van der Waals surface area (Å²) in [6.07, 6.45) is 15.1. The second-order valence-corrected chi connectivity index (χ2v) is 6.85. The van der Waals surface area contributed by atoms with E-state index >= 15 is 0 Å². The maximum Gasteiger partial charge on any atom is 0.0264 e. The Hall–Kier alpha value is -1.58. The van der Waals surface area contributed by atoms with Crippen LogP contribution in [0.5, 0.6) is 0 Å². The van der Waals surface area contributed by atoms with E-state index < -0.39 is 0 Å². The largest absolute Gasteiger partial charge is 0.324 e.